The number of rotatable bonds is 11. The van der Waals surface area contributed by atoms with Crippen LogP contribution in [0.5, 0.6) is 5.75 Å². The van der Waals surface area contributed by atoms with Gasteiger partial charge in [-0.15, -0.1) is 0 Å². The Morgan fingerprint density at radius 1 is 1.19 bits per heavy atom. The standard InChI is InChI=1S/C17H28N2O2/c1-3-18-14-15-6-4-5-7-17(15)21-13-12-20-11-10-19(2)16-8-9-16/h4-7,16,18H,3,8-14H2,1-2H3. The molecule has 2 rings (SSSR count). The summed E-state index contributed by atoms with van der Waals surface area (Å²) in [5.41, 5.74) is 1.20. The number of hydrogen-bond donors (Lipinski definition) is 1. The van der Waals surface area contributed by atoms with Crippen molar-refractivity contribution >= 4 is 0 Å². The lowest BCUT2D eigenvalue weighted by atomic mass is 10.2. The molecule has 1 aromatic carbocycles. The van der Waals surface area contributed by atoms with Crippen LogP contribution in [-0.4, -0.2) is 50.9 Å². The third-order valence-corrected chi connectivity index (χ3v) is 3.78. The highest BCUT2D eigenvalue weighted by Gasteiger charge is 2.25. The van der Waals surface area contributed by atoms with Crippen LogP contribution in [0.25, 0.3) is 0 Å². The Morgan fingerprint density at radius 3 is 2.76 bits per heavy atom. The summed E-state index contributed by atoms with van der Waals surface area (Å²) in [6.45, 7) is 6.98. The van der Waals surface area contributed by atoms with Crippen LogP contribution in [0.2, 0.25) is 0 Å². The van der Waals surface area contributed by atoms with E-state index in [1.807, 2.05) is 18.2 Å². The average Bonchev–Trinajstić information content (AvgIpc) is 3.34. The molecule has 0 saturated heterocycles. The number of benzene rings is 1. The van der Waals surface area contributed by atoms with E-state index in [2.05, 4.69) is 30.3 Å². The van der Waals surface area contributed by atoms with Gasteiger partial charge in [0.1, 0.15) is 12.4 Å². The Morgan fingerprint density at radius 2 is 2.00 bits per heavy atom. The van der Waals surface area contributed by atoms with Gasteiger partial charge in [-0.25, -0.2) is 0 Å². The third kappa shape index (κ3) is 6.04. The molecule has 118 valence electrons. The predicted octanol–water partition coefficient (Wildman–Crippen LogP) is 2.29. The van der Waals surface area contributed by atoms with Crippen LogP contribution in [0.3, 0.4) is 0 Å². The molecule has 4 nitrogen and oxygen atoms in total. The quantitative estimate of drug-likeness (QED) is 0.635. The van der Waals surface area contributed by atoms with Crippen molar-refractivity contribution in [2.75, 3.05) is 40.0 Å². The van der Waals surface area contributed by atoms with Crippen LogP contribution < -0.4 is 10.1 Å². The fourth-order valence-electron chi connectivity index (χ4n) is 2.27. The number of para-hydroxylation sites is 1. The number of ether oxygens (including phenoxy) is 2. The van der Waals surface area contributed by atoms with Gasteiger partial charge < -0.3 is 19.7 Å². The molecule has 1 N–H and O–H groups in total. The topological polar surface area (TPSA) is 33.7 Å². The molecule has 0 aliphatic heterocycles. The van der Waals surface area contributed by atoms with Crippen molar-refractivity contribution in [2.24, 2.45) is 0 Å². The lowest BCUT2D eigenvalue weighted by Gasteiger charge is -2.16. The van der Waals surface area contributed by atoms with Crippen LogP contribution in [-0.2, 0) is 11.3 Å². The first-order valence-corrected chi connectivity index (χ1v) is 8.00. The van der Waals surface area contributed by atoms with Gasteiger partial charge in [-0.1, -0.05) is 25.1 Å². The van der Waals surface area contributed by atoms with Crippen molar-refractivity contribution in [1.82, 2.24) is 10.2 Å². The first-order valence-electron chi connectivity index (χ1n) is 8.00. The molecule has 0 bridgehead atoms. The second kappa shape index (κ2) is 9.03. The zero-order valence-electron chi connectivity index (χ0n) is 13.3. The first kappa shape index (κ1) is 16.3. The molecule has 0 heterocycles. The first-order chi connectivity index (χ1) is 10.3. The highest BCUT2D eigenvalue weighted by Crippen LogP contribution is 2.24. The molecule has 0 aromatic heterocycles. The Labute approximate surface area is 128 Å². The molecule has 1 aliphatic rings. The van der Waals surface area contributed by atoms with Gasteiger partial charge in [-0.3, -0.25) is 0 Å². The van der Waals surface area contributed by atoms with Crippen molar-refractivity contribution in [1.29, 1.82) is 0 Å². The van der Waals surface area contributed by atoms with Crippen LogP contribution in [0, 0.1) is 0 Å². The summed E-state index contributed by atoms with van der Waals surface area (Å²) in [7, 11) is 2.18. The summed E-state index contributed by atoms with van der Waals surface area (Å²) >= 11 is 0. The Balaban J connectivity index is 1.59. The monoisotopic (exact) mass is 292 g/mol. The van der Waals surface area contributed by atoms with Gasteiger partial charge in [0.2, 0.25) is 0 Å². The highest BCUT2D eigenvalue weighted by molar-refractivity contribution is 5.33. The second-order valence-corrected chi connectivity index (χ2v) is 5.56. The summed E-state index contributed by atoms with van der Waals surface area (Å²) in [6, 6.07) is 8.99. The fraction of sp³-hybridized carbons (Fsp3) is 0.647. The normalized spacial score (nSPS) is 14.6. The second-order valence-electron chi connectivity index (χ2n) is 5.56. The molecule has 1 aromatic rings. The van der Waals surface area contributed by atoms with Crippen LogP contribution in [0.4, 0.5) is 0 Å². The zero-order chi connectivity index (χ0) is 14.9. The number of nitrogens with one attached hydrogen (secondary N) is 1. The van der Waals surface area contributed by atoms with E-state index >= 15 is 0 Å². The van der Waals surface area contributed by atoms with E-state index in [4.69, 9.17) is 9.47 Å². The van der Waals surface area contributed by atoms with E-state index < -0.39 is 0 Å². The molecular weight excluding hydrogens is 264 g/mol. The fourth-order valence-corrected chi connectivity index (χ4v) is 2.27. The Kier molecular flexibility index (Phi) is 7.00. The maximum Gasteiger partial charge on any atom is 0.123 e. The summed E-state index contributed by atoms with van der Waals surface area (Å²) < 4.78 is 11.5. The van der Waals surface area contributed by atoms with Crippen molar-refractivity contribution < 1.29 is 9.47 Å². The summed E-state index contributed by atoms with van der Waals surface area (Å²) in [5, 5.41) is 3.33. The predicted molar refractivity (Wildman–Crippen MR) is 85.8 cm³/mol. The van der Waals surface area contributed by atoms with Crippen molar-refractivity contribution in [3.05, 3.63) is 29.8 Å². The largest absolute Gasteiger partial charge is 0.491 e. The van der Waals surface area contributed by atoms with E-state index in [0.29, 0.717) is 13.2 Å². The summed E-state index contributed by atoms with van der Waals surface area (Å²) in [4.78, 5) is 2.38. The van der Waals surface area contributed by atoms with Gasteiger partial charge >= 0.3 is 0 Å². The lowest BCUT2D eigenvalue weighted by Crippen LogP contribution is -2.25. The third-order valence-electron chi connectivity index (χ3n) is 3.78. The molecule has 21 heavy (non-hydrogen) atoms. The summed E-state index contributed by atoms with van der Waals surface area (Å²) in [5.74, 6) is 0.956. The minimum Gasteiger partial charge on any atom is -0.491 e. The highest BCUT2D eigenvalue weighted by atomic mass is 16.5. The summed E-state index contributed by atoms with van der Waals surface area (Å²) in [6.07, 6.45) is 2.70. The number of nitrogens with zero attached hydrogens (tertiary/aromatic N) is 1. The number of likely N-dealkylation sites (N-methyl/N-ethyl adjacent to an activating group) is 1. The van der Waals surface area contributed by atoms with Gasteiger partial charge in [-0.2, -0.15) is 0 Å². The molecule has 0 atom stereocenters. The molecule has 0 radical (unpaired) electrons. The van der Waals surface area contributed by atoms with Crippen LogP contribution in [0.15, 0.2) is 24.3 Å². The van der Waals surface area contributed by atoms with Crippen molar-refractivity contribution in [3.63, 3.8) is 0 Å². The molecular formula is C17H28N2O2. The molecule has 0 unspecified atom stereocenters. The van der Waals surface area contributed by atoms with Crippen molar-refractivity contribution in [3.8, 4) is 5.75 Å². The SMILES string of the molecule is CCNCc1ccccc1OCCOCCN(C)C1CC1. The minimum absolute atomic E-state index is 0.607. The van der Waals surface area contributed by atoms with E-state index in [1.165, 1.54) is 18.4 Å². The molecule has 1 aliphatic carbocycles. The van der Waals surface area contributed by atoms with E-state index in [1.54, 1.807) is 0 Å². The molecule has 1 fully saturated rings. The Bertz CT molecular complexity index is 408. The molecule has 1 saturated carbocycles. The van der Waals surface area contributed by atoms with E-state index in [0.717, 1.165) is 38.0 Å². The van der Waals surface area contributed by atoms with Crippen LogP contribution in [0.1, 0.15) is 25.3 Å². The van der Waals surface area contributed by atoms with Crippen molar-refractivity contribution in [2.45, 2.75) is 32.4 Å². The van der Waals surface area contributed by atoms with Crippen LogP contribution >= 0.6 is 0 Å². The van der Waals surface area contributed by atoms with Gasteiger partial charge in [0.25, 0.3) is 0 Å². The zero-order valence-corrected chi connectivity index (χ0v) is 13.3. The lowest BCUT2D eigenvalue weighted by molar-refractivity contribution is 0.0833. The van der Waals surface area contributed by atoms with E-state index in [-0.39, 0.29) is 0 Å². The molecule has 0 spiro atoms. The molecule has 0 amide bonds. The smallest absolute Gasteiger partial charge is 0.123 e. The number of hydrogen-bond acceptors (Lipinski definition) is 4. The maximum atomic E-state index is 5.82. The Hall–Kier alpha value is -1.10. The van der Waals surface area contributed by atoms with Gasteiger partial charge in [0, 0.05) is 24.7 Å². The van der Waals surface area contributed by atoms with E-state index in [9.17, 15) is 0 Å². The minimum atomic E-state index is 0.607. The van der Waals surface area contributed by atoms with Gasteiger partial charge in [-0.05, 0) is 32.5 Å². The molecule has 4 heteroatoms. The van der Waals surface area contributed by atoms with Gasteiger partial charge in [0.05, 0.1) is 13.2 Å². The van der Waals surface area contributed by atoms with Gasteiger partial charge in [0.15, 0.2) is 0 Å². The average molecular weight is 292 g/mol. The maximum absolute atomic E-state index is 5.82.